The maximum Gasteiger partial charge on any atom is 0.239 e. The first-order valence-electron chi connectivity index (χ1n) is 12.8. The van der Waals surface area contributed by atoms with Crippen LogP contribution < -0.4 is 11.1 Å². The van der Waals surface area contributed by atoms with Crippen LogP contribution in [0.25, 0.3) is 5.69 Å². The second-order valence-electron chi connectivity index (χ2n) is 10.4. The highest BCUT2D eigenvalue weighted by atomic mass is 127. The van der Waals surface area contributed by atoms with Gasteiger partial charge >= 0.3 is 0 Å². The zero-order valence-electron chi connectivity index (χ0n) is 22.3. The van der Waals surface area contributed by atoms with Gasteiger partial charge in [0.1, 0.15) is 6.33 Å². The van der Waals surface area contributed by atoms with Gasteiger partial charge in [-0.2, -0.15) is 10.5 Å². The van der Waals surface area contributed by atoms with E-state index in [4.69, 9.17) is 5.73 Å². The predicted octanol–water partition coefficient (Wildman–Crippen LogP) is 6.25. The Hall–Kier alpha value is -3.73. The lowest BCUT2D eigenvalue weighted by Crippen LogP contribution is -2.42. The molecule has 0 saturated heterocycles. The van der Waals surface area contributed by atoms with Crippen molar-refractivity contribution < 1.29 is 0 Å². The molecule has 0 radical (unpaired) electrons. The second-order valence-corrected chi connectivity index (χ2v) is 11.1. The third kappa shape index (κ3) is 6.83. The monoisotopic (exact) mass is 629 g/mol. The molecule has 198 valence electrons. The van der Waals surface area contributed by atoms with Crippen molar-refractivity contribution in [2.45, 2.75) is 49.6 Å². The van der Waals surface area contributed by atoms with E-state index >= 15 is 0 Å². The lowest BCUT2D eigenvalue weighted by molar-refractivity contribution is 0.281. The Kier molecular flexibility index (Phi) is 9.01. The van der Waals surface area contributed by atoms with Crippen molar-refractivity contribution in [3.63, 3.8) is 0 Å². The number of anilines is 1. The molecule has 0 bridgehead atoms. The average molecular weight is 630 g/mol. The van der Waals surface area contributed by atoms with Crippen LogP contribution in [0, 0.1) is 28.1 Å². The van der Waals surface area contributed by atoms with E-state index in [1.54, 1.807) is 11.0 Å². The van der Waals surface area contributed by atoms with Gasteiger partial charge in [-0.25, -0.2) is 9.67 Å². The van der Waals surface area contributed by atoms with Crippen molar-refractivity contribution in [3.8, 4) is 17.8 Å². The first-order valence-corrected chi connectivity index (χ1v) is 14.3. The quantitative estimate of drug-likeness (QED) is 0.158. The largest absolute Gasteiger partial charge is 0.366 e. The van der Waals surface area contributed by atoms with Gasteiger partial charge in [-0.15, -0.1) is 5.10 Å². The van der Waals surface area contributed by atoms with Gasteiger partial charge in [-0.1, -0.05) is 71.1 Å². The molecule has 0 aliphatic heterocycles. The van der Waals surface area contributed by atoms with Gasteiger partial charge in [0.15, 0.2) is 0 Å². The van der Waals surface area contributed by atoms with E-state index in [2.05, 4.69) is 87.4 Å². The zero-order valence-corrected chi connectivity index (χ0v) is 24.5. The first-order chi connectivity index (χ1) is 18.7. The summed E-state index contributed by atoms with van der Waals surface area (Å²) in [5.74, 6) is 0.298. The highest BCUT2D eigenvalue weighted by Gasteiger charge is 2.34. The van der Waals surface area contributed by atoms with Gasteiger partial charge in [0.25, 0.3) is 0 Å². The van der Waals surface area contributed by atoms with Crippen LogP contribution in [0.4, 0.5) is 5.95 Å². The van der Waals surface area contributed by atoms with Gasteiger partial charge in [-0.3, -0.25) is 0 Å². The Bertz CT molecular complexity index is 1480. The molecule has 3 N–H and O–H groups in total. The van der Waals surface area contributed by atoms with Crippen LogP contribution in [0.2, 0.25) is 0 Å². The molecule has 0 aliphatic carbocycles. The number of hydrogen-bond donors (Lipinski definition) is 2. The Morgan fingerprint density at radius 2 is 1.69 bits per heavy atom. The summed E-state index contributed by atoms with van der Waals surface area (Å²) in [5.41, 5.74) is 11.1. The van der Waals surface area contributed by atoms with Crippen LogP contribution in [-0.4, -0.2) is 20.8 Å². The number of nitrogens with one attached hydrogen (secondary N) is 1. The third-order valence-corrected chi connectivity index (χ3v) is 8.00. The van der Waals surface area contributed by atoms with E-state index in [0.29, 0.717) is 5.56 Å². The Labute approximate surface area is 243 Å². The van der Waals surface area contributed by atoms with Gasteiger partial charge in [0.05, 0.1) is 34.8 Å². The highest BCUT2D eigenvalue weighted by Crippen LogP contribution is 2.36. The minimum Gasteiger partial charge on any atom is -0.366 e. The number of halogens is 1. The lowest BCUT2D eigenvalue weighted by atomic mass is 9.79. The lowest BCUT2D eigenvalue weighted by Gasteiger charge is -2.36. The van der Waals surface area contributed by atoms with Crippen molar-refractivity contribution >= 4 is 28.5 Å². The first kappa shape index (κ1) is 28.3. The summed E-state index contributed by atoms with van der Waals surface area (Å²) in [6.45, 7) is 6.07. The van der Waals surface area contributed by atoms with E-state index < -0.39 is 5.41 Å². The highest BCUT2D eigenvalue weighted by molar-refractivity contribution is 14.1. The molecule has 1 unspecified atom stereocenters. The molecule has 39 heavy (non-hydrogen) atoms. The van der Waals surface area contributed by atoms with Crippen molar-refractivity contribution in [1.29, 1.82) is 10.5 Å². The molecule has 3 atom stereocenters. The number of hydrogen-bond acceptors (Lipinski definition) is 6. The topological polar surface area (TPSA) is 116 Å². The second kappa shape index (κ2) is 12.4. The molecule has 0 fully saturated rings. The van der Waals surface area contributed by atoms with Crippen LogP contribution in [-0.2, 0) is 10.8 Å². The predicted molar refractivity (Wildman–Crippen MR) is 162 cm³/mol. The molecule has 0 amide bonds. The van der Waals surface area contributed by atoms with Crippen molar-refractivity contribution in [1.82, 2.24) is 20.1 Å². The summed E-state index contributed by atoms with van der Waals surface area (Å²) in [5, 5.41) is 27.7. The number of nitriles is 2. The Morgan fingerprint density at radius 3 is 2.28 bits per heavy atom. The molecule has 4 aromatic rings. The van der Waals surface area contributed by atoms with E-state index in [-0.39, 0.29) is 23.9 Å². The summed E-state index contributed by atoms with van der Waals surface area (Å²) >= 11 is 2.37. The van der Waals surface area contributed by atoms with Crippen LogP contribution in [0.15, 0.2) is 79.1 Å². The van der Waals surface area contributed by atoms with Crippen LogP contribution >= 0.6 is 22.6 Å². The zero-order chi connectivity index (χ0) is 28.0. The van der Waals surface area contributed by atoms with Crippen LogP contribution in [0.5, 0.6) is 0 Å². The van der Waals surface area contributed by atoms with E-state index in [9.17, 15) is 10.5 Å². The number of benzene rings is 3. The molecule has 0 spiro atoms. The summed E-state index contributed by atoms with van der Waals surface area (Å²) in [6.07, 6.45) is 2.38. The molecule has 4 rings (SSSR count). The molecule has 3 aromatic carbocycles. The molecule has 0 aliphatic rings. The number of rotatable bonds is 10. The van der Waals surface area contributed by atoms with Crippen molar-refractivity contribution in [2.75, 3.05) is 5.73 Å². The van der Waals surface area contributed by atoms with E-state index in [1.165, 1.54) is 11.1 Å². The number of alkyl halides is 1. The number of nitrogens with two attached hydrogens (primary N) is 1. The standard InChI is InChI=1S/C31H32IN7/c1-21(28(26-6-4-5-24(15-26)18-33)16-22-7-9-23(17-32)10-8-22)37-29(31(2,3)19-34)25-11-13-27(14-12-25)39-20-36-30(35)38-39/h4-15,20-21,28-29,37H,16-17H2,1-3H3,(H2,35,38)/t21-,28+,29?/m0/s1. The average Bonchev–Trinajstić information content (AvgIpc) is 3.41. The fraction of sp³-hybridized carbons (Fsp3) is 0.290. The number of aromatic nitrogens is 3. The molecule has 1 aromatic heterocycles. The Morgan fingerprint density at radius 1 is 1.00 bits per heavy atom. The fourth-order valence-electron chi connectivity index (χ4n) is 4.83. The van der Waals surface area contributed by atoms with Crippen molar-refractivity contribution in [2.24, 2.45) is 5.41 Å². The summed E-state index contributed by atoms with van der Waals surface area (Å²) in [7, 11) is 0. The fourth-order valence-corrected chi connectivity index (χ4v) is 5.33. The minimum absolute atomic E-state index is 0.00406. The molecule has 0 saturated carbocycles. The number of nitrogens with zero attached hydrogens (tertiary/aromatic N) is 5. The molecular formula is C31H32IN7. The van der Waals surface area contributed by atoms with E-state index in [0.717, 1.165) is 27.7 Å². The van der Waals surface area contributed by atoms with Crippen LogP contribution in [0.1, 0.15) is 60.5 Å². The van der Waals surface area contributed by atoms with Gasteiger partial charge < -0.3 is 11.1 Å². The summed E-state index contributed by atoms with van der Waals surface area (Å²) in [4.78, 5) is 4.00. The van der Waals surface area contributed by atoms with Gasteiger partial charge in [-0.05, 0) is 73.7 Å². The Balaban J connectivity index is 1.66. The van der Waals surface area contributed by atoms with Gasteiger partial charge in [0.2, 0.25) is 5.95 Å². The molecule has 7 nitrogen and oxygen atoms in total. The maximum atomic E-state index is 10.1. The summed E-state index contributed by atoms with van der Waals surface area (Å²) in [6, 6.07) is 29.1. The SMILES string of the molecule is C[C@H](NC(c1ccc(-n2cnc(N)n2)cc1)C(C)(C)C#N)[C@@H](Cc1ccc(CI)cc1)c1cccc(C#N)c1. The van der Waals surface area contributed by atoms with Crippen molar-refractivity contribution in [3.05, 3.63) is 107 Å². The van der Waals surface area contributed by atoms with E-state index in [1.807, 2.05) is 56.3 Å². The minimum atomic E-state index is -0.686. The summed E-state index contributed by atoms with van der Waals surface area (Å²) < 4.78 is 2.60. The number of nitrogen functional groups attached to an aromatic ring is 1. The third-order valence-electron chi connectivity index (χ3n) is 7.12. The molecular weight excluding hydrogens is 597 g/mol. The maximum absolute atomic E-state index is 10.1. The molecule has 8 heteroatoms. The normalized spacial score (nSPS) is 13.7. The smallest absolute Gasteiger partial charge is 0.239 e. The van der Waals surface area contributed by atoms with Crippen LogP contribution in [0.3, 0.4) is 0 Å². The molecule has 1 heterocycles. The van der Waals surface area contributed by atoms with Gasteiger partial charge in [0, 0.05) is 16.4 Å².